The maximum Gasteiger partial charge on any atom is 0.419 e. The molecule has 1 aromatic carbocycles. The van der Waals surface area contributed by atoms with Gasteiger partial charge in [0.05, 0.1) is 18.2 Å². The first-order chi connectivity index (χ1) is 7.90. The number of alkyl halides is 3. The Balaban J connectivity index is 3.11. The first-order valence-electron chi connectivity index (χ1n) is 4.93. The van der Waals surface area contributed by atoms with E-state index in [0.717, 1.165) is 12.1 Å². The van der Waals surface area contributed by atoms with Crippen LogP contribution in [0.1, 0.15) is 17.2 Å². The number of likely N-dealkylation sites (N-methyl/N-ethyl adjacent to an activating group) is 1. The summed E-state index contributed by atoms with van der Waals surface area (Å²) in [7, 11) is 3.04. The predicted molar refractivity (Wildman–Crippen MR) is 55.1 cm³/mol. The molecule has 0 saturated heterocycles. The summed E-state index contributed by atoms with van der Waals surface area (Å²) in [5, 5.41) is 2.80. The van der Waals surface area contributed by atoms with Crippen molar-refractivity contribution >= 4 is 0 Å². The number of rotatable bonds is 4. The van der Waals surface area contributed by atoms with Crippen molar-refractivity contribution in [3.63, 3.8) is 0 Å². The monoisotopic (exact) mass is 251 g/mol. The van der Waals surface area contributed by atoms with Crippen LogP contribution in [0.2, 0.25) is 0 Å². The van der Waals surface area contributed by atoms with E-state index in [1.54, 1.807) is 7.05 Å². The van der Waals surface area contributed by atoms with Gasteiger partial charge in [0.1, 0.15) is 5.82 Å². The Morgan fingerprint density at radius 1 is 1.35 bits per heavy atom. The third-order valence-electron chi connectivity index (χ3n) is 2.38. The molecule has 2 nitrogen and oxygen atoms in total. The Labute approximate surface area is 96.6 Å². The Bertz CT molecular complexity index is 378. The molecule has 0 heterocycles. The van der Waals surface area contributed by atoms with E-state index in [4.69, 9.17) is 4.74 Å². The Hall–Kier alpha value is -1.14. The van der Waals surface area contributed by atoms with E-state index in [2.05, 4.69) is 5.32 Å². The molecule has 1 rings (SSSR count). The summed E-state index contributed by atoms with van der Waals surface area (Å²) < 4.78 is 55.4. The molecule has 0 aliphatic heterocycles. The van der Waals surface area contributed by atoms with E-state index in [1.807, 2.05) is 0 Å². The van der Waals surface area contributed by atoms with Gasteiger partial charge in [0, 0.05) is 7.11 Å². The molecule has 0 aromatic heterocycles. The van der Waals surface area contributed by atoms with Crippen LogP contribution >= 0.6 is 0 Å². The quantitative estimate of drug-likeness (QED) is 0.831. The van der Waals surface area contributed by atoms with Crippen LogP contribution < -0.4 is 5.32 Å². The van der Waals surface area contributed by atoms with E-state index >= 15 is 0 Å². The Morgan fingerprint density at radius 3 is 2.47 bits per heavy atom. The van der Waals surface area contributed by atoms with Crippen molar-refractivity contribution in [2.75, 3.05) is 20.8 Å². The molecule has 1 aromatic rings. The van der Waals surface area contributed by atoms with Gasteiger partial charge in [-0.15, -0.1) is 0 Å². The van der Waals surface area contributed by atoms with E-state index in [-0.39, 0.29) is 6.61 Å². The molecule has 1 atom stereocenters. The standard InChI is InChI=1S/C11H13F4NO/c1-16-10(6-17-2)7-3-4-9(12)8(5-7)11(13,14)15/h3-5,10,16H,6H2,1-2H3. The summed E-state index contributed by atoms with van der Waals surface area (Å²) in [6.07, 6.45) is -4.69. The lowest BCUT2D eigenvalue weighted by Crippen LogP contribution is -2.22. The highest BCUT2D eigenvalue weighted by Gasteiger charge is 2.34. The van der Waals surface area contributed by atoms with Crippen molar-refractivity contribution in [2.24, 2.45) is 0 Å². The lowest BCUT2D eigenvalue weighted by molar-refractivity contribution is -0.140. The van der Waals surface area contributed by atoms with E-state index < -0.39 is 23.6 Å². The van der Waals surface area contributed by atoms with Crippen LogP contribution in [0.5, 0.6) is 0 Å². The van der Waals surface area contributed by atoms with Gasteiger partial charge in [-0.3, -0.25) is 0 Å². The molecule has 0 amide bonds. The number of methoxy groups -OCH3 is 1. The van der Waals surface area contributed by atoms with Crippen LogP contribution in [0.25, 0.3) is 0 Å². The highest BCUT2D eigenvalue weighted by Crippen LogP contribution is 2.32. The maximum atomic E-state index is 13.0. The fourth-order valence-corrected chi connectivity index (χ4v) is 1.49. The van der Waals surface area contributed by atoms with Crippen LogP contribution in [0, 0.1) is 5.82 Å². The Morgan fingerprint density at radius 2 is 2.00 bits per heavy atom. The number of benzene rings is 1. The van der Waals surface area contributed by atoms with Crippen LogP contribution in [-0.4, -0.2) is 20.8 Å². The zero-order valence-corrected chi connectivity index (χ0v) is 9.44. The van der Waals surface area contributed by atoms with Crippen molar-refractivity contribution in [3.05, 3.63) is 35.1 Å². The summed E-state index contributed by atoms with van der Waals surface area (Å²) >= 11 is 0. The summed E-state index contributed by atoms with van der Waals surface area (Å²) in [6, 6.07) is 2.53. The molecule has 0 bridgehead atoms. The van der Waals surface area contributed by atoms with Crippen molar-refractivity contribution in [2.45, 2.75) is 12.2 Å². The van der Waals surface area contributed by atoms with Gasteiger partial charge in [-0.25, -0.2) is 4.39 Å². The highest BCUT2D eigenvalue weighted by atomic mass is 19.4. The molecule has 0 aliphatic carbocycles. The first-order valence-corrected chi connectivity index (χ1v) is 4.93. The second kappa shape index (κ2) is 5.46. The van der Waals surface area contributed by atoms with Crippen molar-refractivity contribution in [3.8, 4) is 0 Å². The second-order valence-electron chi connectivity index (χ2n) is 3.53. The van der Waals surface area contributed by atoms with Crippen LogP contribution in [0.4, 0.5) is 17.6 Å². The maximum absolute atomic E-state index is 13.0. The van der Waals surface area contributed by atoms with Gasteiger partial charge in [-0.05, 0) is 24.7 Å². The third-order valence-corrected chi connectivity index (χ3v) is 2.38. The lowest BCUT2D eigenvalue weighted by atomic mass is 10.0. The van der Waals surface area contributed by atoms with Gasteiger partial charge in [-0.2, -0.15) is 13.2 Å². The number of ether oxygens (including phenoxy) is 1. The van der Waals surface area contributed by atoms with Crippen molar-refractivity contribution in [1.82, 2.24) is 5.32 Å². The molecule has 1 unspecified atom stereocenters. The summed E-state index contributed by atoms with van der Waals surface area (Å²) in [6.45, 7) is 0.208. The minimum Gasteiger partial charge on any atom is -0.383 e. The van der Waals surface area contributed by atoms with Crippen molar-refractivity contribution < 1.29 is 22.3 Å². The fraction of sp³-hybridized carbons (Fsp3) is 0.455. The fourth-order valence-electron chi connectivity index (χ4n) is 1.49. The SMILES string of the molecule is CNC(COC)c1ccc(F)c(C(F)(F)F)c1. The molecule has 1 N–H and O–H groups in total. The average molecular weight is 251 g/mol. The minimum atomic E-state index is -4.69. The number of hydrogen-bond donors (Lipinski definition) is 1. The lowest BCUT2D eigenvalue weighted by Gasteiger charge is -2.17. The summed E-state index contributed by atoms with van der Waals surface area (Å²) in [4.78, 5) is 0. The van der Waals surface area contributed by atoms with Gasteiger partial charge in [0.25, 0.3) is 0 Å². The van der Waals surface area contributed by atoms with Crippen LogP contribution in [-0.2, 0) is 10.9 Å². The molecule has 17 heavy (non-hydrogen) atoms. The van der Waals surface area contributed by atoms with E-state index in [9.17, 15) is 17.6 Å². The zero-order chi connectivity index (χ0) is 13.1. The van der Waals surface area contributed by atoms with E-state index in [0.29, 0.717) is 5.56 Å². The van der Waals surface area contributed by atoms with Gasteiger partial charge in [0.15, 0.2) is 0 Å². The third kappa shape index (κ3) is 3.41. The normalized spacial score (nSPS) is 13.8. The topological polar surface area (TPSA) is 21.3 Å². The molecule has 6 heteroatoms. The molecule has 0 spiro atoms. The molecule has 0 fully saturated rings. The molecule has 0 saturated carbocycles. The molecule has 0 radical (unpaired) electrons. The van der Waals surface area contributed by atoms with Gasteiger partial charge in [-0.1, -0.05) is 6.07 Å². The number of nitrogens with one attached hydrogen (secondary N) is 1. The highest BCUT2D eigenvalue weighted by molar-refractivity contribution is 5.29. The number of hydrogen-bond acceptors (Lipinski definition) is 2. The largest absolute Gasteiger partial charge is 0.419 e. The van der Waals surface area contributed by atoms with Gasteiger partial charge in [0.2, 0.25) is 0 Å². The minimum absolute atomic E-state index is 0.208. The molecule has 96 valence electrons. The summed E-state index contributed by atoms with van der Waals surface area (Å²) in [5.74, 6) is -1.27. The van der Waals surface area contributed by atoms with Crippen LogP contribution in [0.15, 0.2) is 18.2 Å². The Kier molecular flexibility index (Phi) is 4.47. The van der Waals surface area contributed by atoms with E-state index in [1.165, 1.54) is 13.2 Å². The predicted octanol–water partition coefficient (Wildman–Crippen LogP) is 2.75. The van der Waals surface area contributed by atoms with Gasteiger partial charge < -0.3 is 10.1 Å². The molecular weight excluding hydrogens is 238 g/mol. The molecule has 0 aliphatic rings. The van der Waals surface area contributed by atoms with Crippen LogP contribution in [0.3, 0.4) is 0 Å². The van der Waals surface area contributed by atoms with Crippen molar-refractivity contribution in [1.29, 1.82) is 0 Å². The second-order valence-corrected chi connectivity index (χ2v) is 3.53. The number of halogens is 4. The smallest absolute Gasteiger partial charge is 0.383 e. The zero-order valence-electron chi connectivity index (χ0n) is 9.44. The molecular formula is C11H13F4NO. The van der Waals surface area contributed by atoms with Gasteiger partial charge >= 0.3 is 6.18 Å². The summed E-state index contributed by atoms with van der Waals surface area (Å²) in [5.41, 5.74) is -0.922. The average Bonchev–Trinajstić information content (AvgIpc) is 2.25. The first kappa shape index (κ1) is 13.9.